The molecular weight excluding hydrogens is 520 g/mol. The molecule has 0 unspecified atom stereocenters. The second-order valence-corrected chi connectivity index (χ2v) is 15.7. The van der Waals surface area contributed by atoms with E-state index in [1.54, 1.807) is 0 Å². The Labute approximate surface area is 248 Å². The van der Waals surface area contributed by atoms with Gasteiger partial charge in [-0.05, 0) is 66.7 Å². The van der Waals surface area contributed by atoms with Crippen LogP contribution in [0.4, 0.5) is 0 Å². The number of benzene rings is 1. The summed E-state index contributed by atoms with van der Waals surface area (Å²) >= 11 is 0. The van der Waals surface area contributed by atoms with E-state index in [-0.39, 0.29) is 26.5 Å². The van der Waals surface area contributed by atoms with Gasteiger partial charge in [-0.2, -0.15) is 4.98 Å². The zero-order valence-corrected chi connectivity index (χ0v) is 23.9. The van der Waals surface area contributed by atoms with Crippen molar-refractivity contribution in [1.29, 1.82) is 0 Å². The van der Waals surface area contributed by atoms with E-state index in [1.165, 1.54) is 5.19 Å². The molecule has 0 N–H and O–H groups in total. The van der Waals surface area contributed by atoms with Crippen molar-refractivity contribution in [3.05, 3.63) is 127 Å². The Balaban J connectivity index is 1.29. The van der Waals surface area contributed by atoms with E-state index in [0.29, 0.717) is 17.3 Å². The van der Waals surface area contributed by atoms with Gasteiger partial charge in [-0.3, -0.25) is 0 Å². The number of hydrogen-bond acceptors (Lipinski definition) is 7. The normalized spacial score (nSPS) is 22.1. The second kappa shape index (κ2) is 9.11. The van der Waals surface area contributed by atoms with Gasteiger partial charge in [-0.15, -0.1) is 0 Å². The minimum atomic E-state index is -2.40. The van der Waals surface area contributed by atoms with Crippen LogP contribution in [0.2, 0.25) is 13.1 Å². The summed E-state index contributed by atoms with van der Waals surface area (Å²) in [7, 11) is -2.12. The van der Waals surface area contributed by atoms with Crippen molar-refractivity contribution in [2.75, 3.05) is 0 Å². The van der Waals surface area contributed by atoms with E-state index < -0.39 is 21.9 Å². The first kappa shape index (κ1) is 21.4. The van der Waals surface area contributed by atoms with Crippen molar-refractivity contribution in [2.45, 2.75) is 19.9 Å². The van der Waals surface area contributed by atoms with Crippen LogP contribution in [0.1, 0.15) is 16.8 Å². The van der Waals surface area contributed by atoms with Gasteiger partial charge in [-0.25, -0.2) is 4.98 Å². The molecule has 1 saturated heterocycles. The highest BCUT2D eigenvalue weighted by atomic mass is 28.3. The highest BCUT2D eigenvalue weighted by molar-refractivity contribution is 7.01. The molecule has 2 aromatic rings. The molecule has 1 aromatic carbocycles. The first-order chi connectivity index (χ1) is 21.2. The maximum Gasteiger partial charge on any atom is 0.380 e. The highest BCUT2D eigenvalue weighted by Gasteiger charge is 2.50. The van der Waals surface area contributed by atoms with Crippen LogP contribution in [0.3, 0.4) is 0 Å². The molecule has 196 valence electrons. The fourth-order valence-electron chi connectivity index (χ4n) is 6.59. The molecule has 0 saturated carbocycles. The molecule has 0 bridgehead atoms. The lowest BCUT2D eigenvalue weighted by Crippen LogP contribution is -2.73. The number of rotatable bonds is 1. The topological polar surface area (TPSA) is 48.0 Å². The minimum absolute atomic E-state index is 0.0544. The molecule has 7 nitrogen and oxygen atoms in total. The molecule has 0 amide bonds. The molecule has 8 rings (SSSR count). The quantitative estimate of drug-likeness (QED) is 0.505. The maximum absolute atomic E-state index is 8.63. The van der Waals surface area contributed by atoms with E-state index in [2.05, 4.69) is 74.5 Å². The van der Waals surface area contributed by atoms with Crippen molar-refractivity contribution in [3.8, 4) is 11.6 Å². The number of fused-ring (bicyclic) bond motifs is 10. The molecule has 1 aromatic heterocycles. The Kier molecular flexibility index (Phi) is 4.76. The molecule has 1 fully saturated rings. The monoisotopic (exact) mass is 551 g/mol. The fourth-order valence-corrected chi connectivity index (χ4v) is 9.17. The Morgan fingerprint density at radius 3 is 2.10 bits per heavy atom. The summed E-state index contributed by atoms with van der Waals surface area (Å²) in [5.41, 5.74) is 0.694. The standard InChI is InChI=1S/C29H28B4N6OSi/c1-23-20-33-38-19-11-7-15-31(38)36-17-9-6-14-30(36)37-18-10-8-16-32(37)39(33)22-24(23)28-34-21-27-29(35-28)40-25-12-4-5-13-26(25)41(27,2)3/h4-22H,1-3H3/i1D3. The predicted molar refractivity (Wildman–Crippen MR) is 172 cm³/mol. The summed E-state index contributed by atoms with van der Waals surface area (Å²) in [6.45, 7) is 1.35. The summed E-state index contributed by atoms with van der Waals surface area (Å²) in [6.07, 6.45) is 22.3. The van der Waals surface area contributed by atoms with E-state index in [4.69, 9.17) is 18.8 Å². The van der Waals surface area contributed by atoms with Crippen molar-refractivity contribution in [3.63, 3.8) is 0 Å². The van der Waals surface area contributed by atoms with Gasteiger partial charge in [0.15, 0.2) is 5.82 Å². The molecule has 12 heteroatoms. The summed E-state index contributed by atoms with van der Waals surface area (Å²) < 4.78 is 41.2. The first-order valence-corrected chi connectivity index (χ1v) is 17.0. The number of ether oxygens (including phenoxy) is 1. The lowest BCUT2D eigenvalue weighted by atomic mass is 9.41. The Bertz CT molecular complexity index is 1800. The van der Waals surface area contributed by atoms with Crippen molar-refractivity contribution in [2.24, 2.45) is 0 Å². The molecule has 6 aliphatic rings. The molecule has 0 atom stereocenters. The minimum Gasteiger partial charge on any atom is -0.439 e. The zero-order chi connectivity index (χ0) is 30.2. The molecule has 6 aliphatic heterocycles. The maximum atomic E-state index is 8.63. The van der Waals surface area contributed by atoms with Crippen LogP contribution >= 0.6 is 0 Å². The first-order valence-electron chi connectivity index (χ1n) is 15.5. The fraction of sp³-hybridized carbons (Fsp3) is 0.103. The van der Waals surface area contributed by atoms with E-state index in [0.717, 1.165) is 10.9 Å². The van der Waals surface area contributed by atoms with Crippen molar-refractivity contribution >= 4 is 52.0 Å². The van der Waals surface area contributed by atoms with Gasteiger partial charge >= 0.3 is 27.9 Å². The third-order valence-electron chi connectivity index (χ3n) is 8.72. The molecule has 0 aliphatic carbocycles. The van der Waals surface area contributed by atoms with Crippen molar-refractivity contribution in [1.82, 2.24) is 28.9 Å². The third-order valence-corrected chi connectivity index (χ3v) is 12.2. The second-order valence-electron chi connectivity index (χ2n) is 11.4. The van der Waals surface area contributed by atoms with Crippen LogP contribution < -0.4 is 15.1 Å². The molecule has 7 heterocycles. The van der Waals surface area contributed by atoms with Crippen LogP contribution in [-0.2, 0) is 0 Å². The van der Waals surface area contributed by atoms with Crippen molar-refractivity contribution < 1.29 is 8.85 Å². The molecular formula is C29H28B4N6OSi. The van der Waals surface area contributed by atoms with E-state index >= 15 is 0 Å². The van der Waals surface area contributed by atoms with Gasteiger partial charge in [0.1, 0.15) is 13.8 Å². The van der Waals surface area contributed by atoms with Gasteiger partial charge in [0.25, 0.3) is 0 Å². The lowest BCUT2D eigenvalue weighted by Gasteiger charge is -2.53. The highest BCUT2D eigenvalue weighted by Crippen LogP contribution is 2.35. The lowest BCUT2D eigenvalue weighted by molar-refractivity contribution is 0.465. The molecule has 0 spiro atoms. The summed E-state index contributed by atoms with van der Waals surface area (Å²) in [6, 6.07) is 8.09. The summed E-state index contributed by atoms with van der Waals surface area (Å²) in [5, 5.41) is 2.19. The van der Waals surface area contributed by atoms with Crippen LogP contribution in [0.5, 0.6) is 11.6 Å². The van der Waals surface area contributed by atoms with E-state index in [9.17, 15) is 0 Å². The smallest absolute Gasteiger partial charge is 0.380 e. The predicted octanol–water partition coefficient (Wildman–Crippen LogP) is 3.29. The average molecular weight is 551 g/mol. The molecule has 0 radical (unpaired) electrons. The summed E-state index contributed by atoms with van der Waals surface area (Å²) in [4.78, 5) is 9.75. The van der Waals surface area contributed by atoms with E-state index in [1.807, 2.05) is 73.2 Å². The van der Waals surface area contributed by atoms with Gasteiger partial charge in [-0.1, -0.05) is 73.4 Å². The number of para-hydroxylation sites is 1. The largest absolute Gasteiger partial charge is 0.439 e. The summed E-state index contributed by atoms with van der Waals surface area (Å²) in [5.74, 6) is 9.99. The third kappa shape index (κ3) is 3.70. The number of nitrogens with zero attached hydrogens (tertiary/aromatic N) is 6. The Morgan fingerprint density at radius 2 is 1.41 bits per heavy atom. The van der Waals surface area contributed by atoms with Crippen LogP contribution in [0.25, 0.3) is 5.57 Å². The Hall–Kier alpha value is -4.30. The molecule has 41 heavy (non-hydrogen) atoms. The van der Waals surface area contributed by atoms with Crippen LogP contribution in [0.15, 0.2) is 121 Å². The van der Waals surface area contributed by atoms with Gasteiger partial charge in [0.05, 0.1) is 0 Å². The van der Waals surface area contributed by atoms with Gasteiger partial charge < -0.3 is 23.6 Å². The number of hydrogen-bond donors (Lipinski definition) is 0. The number of allylic oxidation sites excluding steroid dienone is 8. The van der Waals surface area contributed by atoms with Gasteiger partial charge in [0, 0.05) is 21.1 Å². The van der Waals surface area contributed by atoms with Crippen LogP contribution in [-0.4, -0.2) is 64.9 Å². The van der Waals surface area contributed by atoms with Crippen LogP contribution in [0, 0.1) is 0 Å². The Morgan fingerprint density at radius 1 is 0.780 bits per heavy atom. The zero-order valence-electron chi connectivity index (χ0n) is 25.9. The number of aromatic nitrogens is 2. The van der Waals surface area contributed by atoms with Gasteiger partial charge in [0.2, 0.25) is 5.88 Å². The SMILES string of the molecule is [2H]C([2H])([2H])C1=CB2N3C=CC=CB3N3C=CC=CB3N3C=CC=CB3N2C=C1c1ncc2c(n1)Oc1ccccc1[Si]2(C)C. The average Bonchev–Trinajstić information content (AvgIpc) is 3.03.